The lowest BCUT2D eigenvalue weighted by atomic mass is 9.93. The average Bonchev–Trinajstić information content (AvgIpc) is 2.98. The van der Waals surface area contributed by atoms with E-state index < -0.39 is 28.1 Å². The van der Waals surface area contributed by atoms with E-state index >= 15 is 0 Å². The summed E-state index contributed by atoms with van der Waals surface area (Å²) in [5.74, 6) is -0.480. The van der Waals surface area contributed by atoms with E-state index in [0.717, 1.165) is 5.56 Å². The Morgan fingerprint density at radius 2 is 2.24 bits per heavy atom. The molecule has 1 aromatic carbocycles. The summed E-state index contributed by atoms with van der Waals surface area (Å²) in [6.45, 7) is 5.00. The first-order valence-corrected chi connectivity index (χ1v) is 10.4. The minimum atomic E-state index is -3.96. The monoisotopic (exact) mass is 414 g/mol. The van der Waals surface area contributed by atoms with Crippen LogP contribution in [0.15, 0.2) is 41.9 Å². The first kappa shape index (κ1) is 20.8. The van der Waals surface area contributed by atoms with Gasteiger partial charge in [0.05, 0.1) is 23.8 Å². The predicted molar refractivity (Wildman–Crippen MR) is 108 cm³/mol. The summed E-state index contributed by atoms with van der Waals surface area (Å²) in [6.07, 6.45) is 3.28. The first-order valence-electron chi connectivity index (χ1n) is 8.95. The second-order valence-electron chi connectivity index (χ2n) is 7.15. The van der Waals surface area contributed by atoms with E-state index in [4.69, 9.17) is 0 Å². The molecule has 1 aliphatic heterocycles. The number of benzene rings is 1. The third-order valence-corrected chi connectivity index (χ3v) is 6.81. The summed E-state index contributed by atoms with van der Waals surface area (Å²) in [5, 5.41) is 21.6. The van der Waals surface area contributed by atoms with E-state index in [2.05, 4.69) is 22.7 Å². The molecule has 0 radical (unpaired) electrons. The molecule has 2 aromatic rings. The van der Waals surface area contributed by atoms with Gasteiger partial charge in [0.15, 0.2) is 0 Å². The summed E-state index contributed by atoms with van der Waals surface area (Å²) < 4.78 is 29.7. The molecular weight excluding hydrogens is 392 g/mol. The highest BCUT2D eigenvalue weighted by Gasteiger charge is 2.39. The largest absolute Gasteiger partial charge is 0.394 e. The molecule has 0 aliphatic carbocycles. The van der Waals surface area contributed by atoms with Crippen molar-refractivity contribution < 1.29 is 18.3 Å². The number of aromatic nitrogens is 1. The molecule has 1 amide bonds. The van der Waals surface area contributed by atoms with E-state index in [0.29, 0.717) is 16.8 Å². The number of nitriles is 1. The first-order chi connectivity index (χ1) is 13.7. The van der Waals surface area contributed by atoms with Gasteiger partial charge in [-0.15, -0.1) is 6.58 Å². The zero-order valence-corrected chi connectivity index (χ0v) is 17.0. The van der Waals surface area contributed by atoms with Gasteiger partial charge in [0.25, 0.3) is 5.91 Å². The number of aryl methyl sites for hydroxylation is 2. The maximum atomic E-state index is 13.0. The fourth-order valence-electron chi connectivity index (χ4n) is 3.47. The number of fused-ring (bicyclic) bond motifs is 1. The number of anilines is 1. The van der Waals surface area contributed by atoms with Crippen LogP contribution >= 0.6 is 0 Å². The van der Waals surface area contributed by atoms with Crippen LogP contribution in [-0.4, -0.2) is 36.1 Å². The van der Waals surface area contributed by atoms with Crippen LogP contribution < -0.4 is 10.0 Å². The molecule has 0 fully saturated rings. The fourth-order valence-corrected chi connectivity index (χ4v) is 5.19. The Kier molecular flexibility index (Phi) is 5.36. The summed E-state index contributed by atoms with van der Waals surface area (Å²) in [5.41, 5.74) is 1.08. The van der Waals surface area contributed by atoms with Gasteiger partial charge in [-0.25, -0.2) is 8.42 Å². The van der Waals surface area contributed by atoms with Crippen LogP contribution in [0.4, 0.5) is 5.69 Å². The molecule has 152 valence electrons. The molecule has 2 heterocycles. The van der Waals surface area contributed by atoms with Crippen molar-refractivity contribution in [1.82, 2.24) is 9.29 Å². The molecule has 0 saturated carbocycles. The quantitative estimate of drug-likeness (QED) is 0.656. The number of amides is 1. The Morgan fingerprint density at radius 3 is 2.86 bits per heavy atom. The highest BCUT2D eigenvalue weighted by molar-refractivity contribution is 7.89. The molecule has 1 atom stereocenters. The molecule has 0 unspecified atom stereocenters. The molecule has 0 saturated heterocycles. The van der Waals surface area contributed by atoms with Crippen LogP contribution in [0.2, 0.25) is 0 Å². The lowest BCUT2D eigenvalue weighted by Gasteiger charge is -2.27. The Bertz CT molecular complexity index is 1140. The number of sulfonamides is 1. The number of rotatable bonds is 4. The standard InChI is InChI=1S/C20H22N4O4S/c1-4-20(12-25)8-7-16-17(29(27,28)23-20)11-24(3)18(16)19(26)22-15-6-5-13(2)14(9-15)10-21/h4-6,9,11,23,25H,1,7-8,12H2,2-3H3,(H,22,26)/t20-/m1/s1. The highest BCUT2D eigenvalue weighted by atomic mass is 32.2. The molecule has 1 aliphatic rings. The summed E-state index contributed by atoms with van der Waals surface area (Å²) in [7, 11) is -2.36. The van der Waals surface area contributed by atoms with Gasteiger partial charge >= 0.3 is 0 Å². The van der Waals surface area contributed by atoms with Crippen molar-refractivity contribution >= 4 is 21.6 Å². The van der Waals surface area contributed by atoms with Gasteiger partial charge in [-0.1, -0.05) is 12.1 Å². The number of aliphatic hydroxyl groups excluding tert-OH is 1. The van der Waals surface area contributed by atoms with Crippen molar-refractivity contribution in [2.45, 2.75) is 30.2 Å². The van der Waals surface area contributed by atoms with Crippen molar-refractivity contribution in [3.8, 4) is 6.07 Å². The second-order valence-corrected chi connectivity index (χ2v) is 8.80. The molecule has 1 aromatic heterocycles. The molecular formula is C20H22N4O4S. The van der Waals surface area contributed by atoms with E-state index in [-0.39, 0.29) is 23.4 Å². The van der Waals surface area contributed by atoms with E-state index in [9.17, 15) is 23.6 Å². The maximum absolute atomic E-state index is 13.0. The van der Waals surface area contributed by atoms with Gasteiger partial charge < -0.3 is 15.0 Å². The Morgan fingerprint density at radius 1 is 1.52 bits per heavy atom. The van der Waals surface area contributed by atoms with Gasteiger partial charge in [-0.05, 0) is 37.5 Å². The lowest BCUT2D eigenvalue weighted by molar-refractivity contribution is 0.101. The third-order valence-electron chi connectivity index (χ3n) is 5.20. The molecule has 0 bridgehead atoms. The number of hydrogen-bond donors (Lipinski definition) is 3. The molecule has 0 spiro atoms. The molecule has 29 heavy (non-hydrogen) atoms. The lowest BCUT2D eigenvalue weighted by Crippen LogP contribution is -2.48. The van der Waals surface area contributed by atoms with Crippen LogP contribution in [0.1, 0.15) is 33.6 Å². The number of carbonyl (C=O) groups is 1. The summed E-state index contributed by atoms with van der Waals surface area (Å²) in [4.78, 5) is 13.0. The van der Waals surface area contributed by atoms with Crippen LogP contribution in [0.5, 0.6) is 0 Å². The van der Waals surface area contributed by atoms with E-state index in [1.165, 1.54) is 16.8 Å². The molecule has 3 N–H and O–H groups in total. The Hall–Kier alpha value is -2.93. The van der Waals surface area contributed by atoms with Gasteiger partial charge in [0.1, 0.15) is 10.6 Å². The van der Waals surface area contributed by atoms with Crippen LogP contribution in [0, 0.1) is 18.3 Å². The molecule has 8 nitrogen and oxygen atoms in total. The van der Waals surface area contributed by atoms with Gasteiger partial charge in [0.2, 0.25) is 10.0 Å². The topological polar surface area (TPSA) is 124 Å². The number of hydrogen-bond acceptors (Lipinski definition) is 5. The van der Waals surface area contributed by atoms with Crippen LogP contribution in [0.3, 0.4) is 0 Å². The second kappa shape index (κ2) is 7.48. The van der Waals surface area contributed by atoms with Gasteiger partial charge in [-0.2, -0.15) is 9.98 Å². The zero-order chi connectivity index (χ0) is 21.4. The van der Waals surface area contributed by atoms with Gasteiger partial charge in [0, 0.05) is 24.5 Å². The third kappa shape index (κ3) is 3.70. The number of nitrogens with zero attached hydrogens (tertiary/aromatic N) is 2. The highest BCUT2D eigenvalue weighted by Crippen LogP contribution is 2.31. The predicted octanol–water partition coefficient (Wildman–Crippen LogP) is 1.60. The minimum Gasteiger partial charge on any atom is -0.394 e. The number of aliphatic hydroxyl groups is 1. The van der Waals surface area contributed by atoms with Crippen LogP contribution in [-0.2, 0) is 23.5 Å². The molecule has 9 heteroatoms. The van der Waals surface area contributed by atoms with Crippen molar-refractivity contribution in [3.63, 3.8) is 0 Å². The summed E-state index contributed by atoms with van der Waals surface area (Å²) in [6, 6.07) is 7.05. The normalized spacial score (nSPS) is 20.2. The van der Waals surface area contributed by atoms with Crippen molar-refractivity contribution in [2.75, 3.05) is 11.9 Å². The smallest absolute Gasteiger partial charge is 0.272 e. The van der Waals surface area contributed by atoms with Crippen molar-refractivity contribution in [1.29, 1.82) is 5.26 Å². The van der Waals surface area contributed by atoms with Crippen molar-refractivity contribution in [2.24, 2.45) is 7.05 Å². The van der Waals surface area contributed by atoms with E-state index in [1.807, 2.05) is 0 Å². The Labute approximate surface area is 169 Å². The SMILES string of the molecule is C=C[C@]1(CO)CCc2c(cn(C)c2C(=O)Nc2ccc(C)c(C#N)c2)S(=O)(=O)N1. The Balaban J connectivity index is 2.02. The number of carbonyl (C=O) groups excluding carboxylic acids is 1. The minimum absolute atomic E-state index is 0.00365. The maximum Gasteiger partial charge on any atom is 0.272 e. The van der Waals surface area contributed by atoms with Crippen molar-refractivity contribution in [3.05, 3.63) is 59.4 Å². The average molecular weight is 414 g/mol. The zero-order valence-electron chi connectivity index (χ0n) is 16.2. The number of nitrogens with one attached hydrogen (secondary N) is 2. The molecule has 3 rings (SSSR count). The summed E-state index contributed by atoms with van der Waals surface area (Å²) >= 11 is 0. The van der Waals surface area contributed by atoms with E-state index in [1.54, 1.807) is 32.2 Å². The van der Waals surface area contributed by atoms with Gasteiger partial charge in [-0.3, -0.25) is 4.79 Å². The fraction of sp³-hybridized carbons (Fsp3) is 0.300. The van der Waals surface area contributed by atoms with Crippen LogP contribution in [0.25, 0.3) is 0 Å².